The fourth-order valence-corrected chi connectivity index (χ4v) is 1.77. The molecule has 100 valence electrons. The van der Waals surface area contributed by atoms with Crippen LogP contribution in [0.4, 0.5) is 5.69 Å². The molecule has 0 unspecified atom stereocenters. The van der Waals surface area contributed by atoms with Crippen molar-refractivity contribution in [1.29, 1.82) is 0 Å². The van der Waals surface area contributed by atoms with Crippen LogP contribution in [0.15, 0.2) is 18.2 Å². The second-order valence-electron chi connectivity index (χ2n) is 4.58. The van der Waals surface area contributed by atoms with Gasteiger partial charge < -0.3 is 15.2 Å². The van der Waals surface area contributed by atoms with E-state index in [1.807, 2.05) is 19.9 Å². The molecule has 0 heterocycles. The number of benzene rings is 1. The molecule has 0 aliphatic rings. The van der Waals surface area contributed by atoms with Gasteiger partial charge in [-0.15, -0.1) is 0 Å². The number of nitrogens with two attached hydrogens (primary N) is 1. The van der Waals surface area contributed by atoms with Crippen LogP contribution in [0.5, 0.6) is 0 Å². The van der Waals surface area contributed by atoms with E-state index < -0.39 is 5.97 Å². The van der Waals surface area contributed by atoms with E-state index in [1.165, 1.54) is 0 Å². The molecule has 1 rings (SSSR count). The molecule has 18 heavy (non-hydrogen) atoms. The highest BCUT2D eigenvalue weighted by atomic mass is 127. The Morgan fingerprint density at radius 2 is 2.11 bits per heavy atom. The highest BCUT2D eigenvalue weighted by Gasteiger charge is 2.18. The van der Waals surface area contributed by atoms with E-state index in [4.69, 9.17) is 15.2 Å². The van der Waals surface area contributed by atoms with Gasteiger partial charge in [-0.3, -0.25) is 0 Å². The lowest BCUT2D eigenvalue weighted by Gasteiger charge is -2.22. The van der Waals surface area contributed by atoms with Crippen LogP contribution < -0.4 is 5.73 Å². The Balaban J connectivity index is 2.58. The Labute approximate surface area is 121 Å². The lowest BCUT2D eigenvalue weighted by Crippen LogP contribution is -2.25. The quantitative estimate of drug-likeness (QED) is 0.497. The van der Waals surface area contributed by atoms with Crippen LogP contribution in [-0.2, 0) is 9.47 Å². The van der Waals surface area contributed by atoms with Crippen LogP contribution in [0.3, 0.4) is 0 Å². The van der Waals surface area contributed by atoms with Gasteiger partial charge in [-0.25, -0.2) is 4.79 Å². The third-order valence-corrected chi connectivity index (χ3v) is 3.40. The summed E-state index contributed by atoms with van der Waals surface area (Å²) in [5, 5.41) is 0. The van der Waals surface area contributed by atoms with Crippen molar-refractivity contribution in [3.8, 4) is 0 Å². The molecular weight excluding hydrogens is 345 g/mol. The molecule has 0 amide bonds. The average Bonchev–Trinajstić information content (AvgIpc) is 2.32. The maximum atomic E-state index is 11.8. The molecule has 0 aliphatic heterocycles. The summed E-state index contributed by atoms with van der Waals surface area (Å²) < 4.78 is 11.4. The molecule has 5 heteroatoms. The van der Waals surface area contributed by atoms with Crippen molar-refractivity contribution >= 4 is 34.2 Å². The van der Waals surface area contributed by atoms with E-state index in [1.54, 1.807) is 19.2 Å². The van der Waals surface area contributed by atoms with Crippen LogP contribution in [0.2, 0.25) is 0 Å². The molecule has 0 radical (unpaired) electrons. The van der Waals surface area contributed by atoms with Crippen molar-refractivity contribution < 1.29 is 14.3 Å². The van der Waals surface area contributed by atoms with Crippen LogP contribution in [0, 0.1) is 3.57 Å². The summed E-state index contributed by atoms with van der Waals surface area (Å²) in [7, 11) is 1.64. The normalized spacial score (nSPS) is 11.3. The van der Waals surface area contributed by atoms with Gasteiger partial charge in [0.15, 0.2) is 0 Å². The van der Waals surface area contributed by atoms with E-state index in [9.17, 15) is 4.79 Å². The van der Waals surface area contributed by atoms with Gasteiger partial charge in [0.1, 0.15) is 0 Å². The highest BCUT2D eigenvalue weighted by Crippen LogP contribution is 2.18. The second-order valence-corrected chi connectivity index (χ2v) is 5.83. The third-order valence-electron chi connectivity index (χ3n) is 2.73. The lowest BCUT2D eigenvalue weighted by molar-refractivity contribution is -0.00560. The summed E-state index contributed by atoms with van der Waals surface area (Å²) in [6.07, 6.45) is 0.638. The minimum Gasteiger partial charge on any atom is -0.462 e. The first kappa shape index (κ1) is 15.2. The lowest BCUT2D eigenvalue weighted by atomic mass is 10.1. The van der Waals surface area contributed by atoms with Crippen LogP contribution in [0.1, 0.15) is 30.6 Å². The number of methoxy groups -OCH3 is 1. The molecule has 2 N–H and O–H groups in total. The van der Waals surface area contributed by atoms with E-state index in [2.05, 4.69) is 22.6 Å². The Kier molecular flexibility index (Phi) is 5.40. The minimum absolute atomic E-state index is 0.295. The van der Waals surface area contributed by atoms with E-state index in [0.29, 0.717) is 24.3 Å². The van der Waals surface area contributed by atoms with Gasteiger partial charge in [-0.1, -0.05) is 0 Å². The molecule has 0 saturated carbocycles. The molecule has 0 bridgehead atoms. The molecule has 0 atom stereocenters. The molecule has 1 aromatic rings. The Morgan fingerprint density at radius 3 is 2.72 bits per heavy atom. The number of hydrogen-bond acceptors (Lipinski definition) is 4. The number of anilines is 1. The fourth-order valence-electron chi connectivity index (χ4n) is 1.27. The number of nitrogen functional groups attached to an aromatic ring is 1. The molecular formula is C13H18INO3. The fraction of sp³-hybridized carbons (Fsp3) is 0.462. The average molecular weight is 363 g/mol. The first-order chi connectivity index (χ1) is 8.35. The van der Waals surface area contributed by atoms with Crippen molar-refractivity contribution in [3.05, 3.63) is 27.3 Å². The second kappa shape index (κ2) is 6.38. The summed E-state index contributed by atoms with van der Waals surface area (Å²) in [5.74, 6) is -0.391. The summed E-state index contributed by atoms with van der Waals surface area (Å²) in [6, 6.07) is 5.28. The van der Waals surface area contributed by atoms with E-state index in [0.717, 1.165) is 3.57 Å². The summed E-state index contributed by atoms with van der Waals surface area (Å²) in [4.78, 5) is 11.8. The maximum Gasteiger partial charge on any atom is 0.340 e. The van der Waals surface area contributed by atoms with Crippen LogP contribution >= 0.6 is 22.6 Å². The van der Waals surface area contributed by atoms with Crippen molar-refractivity contribution in [2.24, 2.45) is 0 Å². The standard InChI is InChI=1S/C13H18INO3/c1-13(2,17-3)6-7-18-12(16)10-8-9(14)4-5-11(10)15/h4-5,8H,6-7,15H2,1-3H3. The van der Waals surface area contributed by atoms with E-state index in [-0.39, 0.29) is 5.60 Å². The maximum absolute atomic E-state index is 11.8. The Bertz CT molecular complexity index is 432. The predicted molar refractivity (Wildman–Crippen MR) is 79.6 cm³/mol. The summed E-state index contributed by atoms with van der Waals surface area (Å²) in [5.41, 5.74) is 6.30. The number of halogens is 1. The first-order valence-electron chi connectivity index (χ1n) is 5.63. The number of hydrogen-bond donors (Lipinski definition) is 1. The molecule has 0 fully saturated rings. The Morgan fingerprint density at radius 1 is 1.44 bits per heavy atom. The zero-order valence-corrected chi connectivity index (χ0v) is 13.0. The van der Waals surface area contributed by atoms with Gasteiger partial charge in [0.2, 0.25) is 0 Å². The van der Waals surface area contributed by atoms with E-state index >= 15 is 0 Å². The van der Waals surface area contributed by atoms with Gasteiger partial charge >= 0.3 is 5.97 Å². The zero-order valence-electron chi connectivity index (χ0n) is 10.8. The minimum atomic E-state index is -0.391. The number of ether oxygens (including phenoxy) is 2. The van der Waals surface area contributed by atoms with Crippen LogP contribution in [-0.4, -0.2) is 25.3 Å². The predicted octanol–water partition coefficient (Wildman–Crippen LogP) is 2.85. The van der Waals surface area contributed by atoms with Gasteiger partial charge in [0, 0.05) is 22.8 Å². The summed E-state index contributed by atoms with van der Waals surface area (Å²) in [6.45, 7) is 4.20. The van der Waals surface area contributed by atoms with Crippen molar-refractivity contribution in [1.82, 2.24) is 0 Å². The summed E-state index contributed by atoms with van der Waals surface area (Å²) >= 11 is 2.13. The van der Waals surface area contributed by atoms with Gasteiger partial charge in [-0.2, -0.15) is 0 Å². The smallest absolute Gasteiger partial charge is 0.340 e. The number of esters is 1. The zero-order chi connectivity index (χ0) is 13.8. The highest BCUT2D eigenvalue weighted by molar-refractivity contribution is 14.1. The van der Waals surface area contributed by atoms with Crippen molar-refractivity contribution in [2.75, 3.05) is 19.5 Å². The van der Waals surface area contributed by atoms with Crippen LogP contribution in [0.25, 0.3) is 0 Å². The number of carbonyl (C=O) groups excluding carboxylic acids is 1. The largest absolute Gasteiger partial charge is 0.462 e. The Hall–Kier alpha value is -0.820. The van der Waals surface area contributed by atoms with Crippen molar-refractivity contribution in [3.63, 3.8) is 0 Å². The molecule has 0 aliphatic carbocycles. The monoisotopic (exact) mass is 363 g/mol. The van der Waals surface area contributed by atoms with Crippen molar-refractivity contribution in [2.45, 2.75) is 25.9 Å². The number of carbonyl (C=O) groups is 1. The van der Waals surface area contributed by atoms with Gasteiger partial charge in [-0.05, 0) is 54.6 Å². The molecule has 4 nitrogen and oxygen atoms in total. The molecule has 0 spiro atoms. The van der Waals surface area contributed by atoms with Gasteiger partial charge in [0.25, 0.3) is 0 Å². The first-order valence-corrected chi connectivity index (χ1v) is 6.71. The third kappa shape index (κ3) is 4.45. The van der Waals surface area contributed by atoms with Gasteiger partial charge in [0.05, 0.1) is 17.8 Å². The molecule has 0 saturated heterocycles. The SMILES string of the molecule is COC(C)(C)CCOC(=O)c1cc(I)ccc1N. The molecule has 1 aromatic carbocycles. The topological polar surface area (TPSA) is 61.5 Å². The molecule has 0 aromatic heterocycles. The number of rotatable bonds is 5.